The fourth-order valence-electron chi connectivity index (χ4n) is 4.58. The fraction of sp³-hybridized carbons (Fsp3) is 0.346. The second-order valence-corrected chi connectivity index (χ2v) is 8.61. The van der Waals surface area contributed by atoms with Gasteiger partial charge in [-0.3, -0.25) is 9.59 Å². The number of carbonyl (C=O) groups is 1. The van der Waals surface area contributed by atoms with Crippen LogP contribution < -0.4 is 20.3 Å². The van der Waals surface area contributed by atoms with Crippen LogP contribution in [-0.2, 0) is 17.6 Å². The van der Waals surface area contributed by atoms with Gasteiger partial charge in [0.15, 0.2) is 11.5 Å². The van der Waals surface area contributed by atoms with Crippen LogP contribution in [0.4, 0.5) is 5.69 Å². The van der Waals surface area contributed by atoms with Gasteiger partial charge in [0.2, 0.25) is 12.7 Å². The van der Waals surface area contributed by atoms with E-state index in [-0.39, 0.29) is 18.3 Å². The molecule has 0 radical (unpaired) electrons. The maximum atomic E-state index is 13.4. The van der Waals surface area contributed by atoms with Crippen molar-refractivity contribution >= 4 is 11.6 Å². The Labute approximate surface area is 192 Å². The summed E-state index contributed by atoms with van der Waals surface area (Å²) < 4.78 is 12.1. The van der Waals surface area contributed by atoms with E-state index >= 15 is 0 Å². The Morgan fingerprint density at radius 2 is 1.79 bits per heavy atom. The van der Waals surface area contributed by atoms with Gasteiger partial charge < -0.3 is 14.8 Å². The molecule has 7 heteroatoms. The first kappa shape index (κ1) is 21.2. The standard InChI is InChI=1S/C26H27N3O4/c1-3-21(25(30)27-18-12-13-22-23(14-18)33-15-32-22)29-26(31)20-7-5-4-6-19(20)24(28-29)17-10-8-16(2)9-11-17/h8-14,21H,3-7,15H2,1-2H3,(H,27,30). The number of benzene rings is 2. The SMILES string of the molecule is CCC(C(=O)Nc1ccc2c(c1)OCO2)n1nc(-c2ccc(C)cc2)c2c(c1=O)CCCC2. The maximum absolute atomic E-state index is 13.4. The van der Waals surface area contributed by atoms with Crippen molar-refractivity contribution in [2.45, 2.75) is 52.0 Å². The Bertz CT molecular complexity index is 1260. The molecule has 0 bridgehead atoms. The van der Waals surface area contributed by atoms with Gasteiger partial charge in [-0.1, -0.05) is 36.8 Å². The van der Waals surface area contributed by atoms with Crippen LogP contribution in [0.2, 0.25) is 0 Å². The van der Waals surface area contributed by atoms with E-state index < -0.39 is 6.04 Å². The molecule has 0 spiro atoms. The molecule has 2 aromatic carbocycles. The molecule has 1 aliphatic heterocycles. The van der Waals surface area contributed by atoms with Crippen molar-refractivity contribution in [2.75, 3.05) is 12.1 Å². The van der Waals surface area contributed by atoms with Crippen LogP contribution in [0.1, 0.15) is 48.9 Å². The van der Waals surface area contributed by atoms with Gasteiger partial charge in [-0.15, -0.1) is 0 Å². The quantitative estimate of drug-likeness (QED) is 0.629. The molecule has 3 aromatic rings. The topological polar surface area (TPSA) is 82.4 Å². The van der Waals surface area contributed by atoms with Crippen LogP contribution in [0, 0.1) is 6.92 Å². The molecule has 0 saturated heterocycles. The molecule has 170 valence electrons. The summed E-state index contributed by atoms with van der Waals surface area (Å²) in [7, 11) is 0. The number of fused-ring (bicyclic) bond motifs is 2. The number of hydrogen-bond donors (Lipinski definition) is 1. The second kappa shape index (κ2) is 8.73. The number of aryl methyl sites for hydroxylation is 1. The van der Waals surface area contributed by atoms with Gasteiger partial charge >= 0.3 is 0 Å². The zero-order valence-electron chi connectivity index (χ0n) is 18.9. The number of aromatic nitrogens is 2. The number of anilines is 1. The lowest BCUT2D eigenvalue weighted by molar-refractivity contribution is -0.119. The largest absolute Gasteiger partial charge is 0.454 e. The second-order valence-electron chi connectivity index (χ2n) is 8.61. The van der Waals surface area contributed by atoms with Crippen LogP contribution in [0.5, 0.6) is 11.5 Å². The third kappa shape index (κ3) is 3.99. The highest BCUT2D eigenvalue weighted by Gasteiger charge is 2.27. The van der Waals surface area contributed by atoms with E-state index in [4.69, 9.17) is 14.6 Å². The average Bonchev–Trinajstić information content (AvgIpc) is 3.30. The van der Waals surface area contributed by atoms with Gasteiger partial charge in [0.05, 0.1) is 5.69 Å². The number of nitrogens with zero attached hydrogens (tertiary/aromatic N) is 2. The maximum Gasteiger partial charge on any atom is 0.271 e. The minimum absolute atomic E-state index is 0.159. The number of rotatable bonds is 5. The van der Waals surface area contributed by atoms with Crippen molar-refractivity contribution in [3.63, 3.8) is 0 Å². The number of nitrogens with one attached hydrogen (secondary N) is 1. The van der Waals surface area contributed by atoms with E-state index in [1.54, 1.807) is 18.2 Å². The van der Waals surface area contributed by atoms with Crippen molar-refractivity contribution in [1.29, 1.82) is 0 Å². The summed E-state index contributed by atoms with van der Waals surface area (Å²) >= 11 is 0. The van der Waals surface area contributed by atoms with Crippen LogP contribution in [0.3, 0.4) is 0 Å². The molecule has 0 saturated carbocycles. The van der Waals surface area contributed by atoms with E-state index in [0.29, 0.717) is 23.6 Å². The van der Waals surface area contributed by atoms with Gasteiger partial charge in [-0.05, 0) is 56.7 Å². The summed E-state index contributed by atoms with van der Waals surface area (Å²) in [6.45, 7) is 4.10. The third-order valence-corrected chi connectivity index (χ3v) is 6.38. The molecule has 1 aliphatic carbocycles. The Kier molecular flexibility index (Phi) is 5.62. The van der Waals surface area contributed by atoms with Gasteiger partial charge in [-0.2, -0.15) is 5.10 Å². The molecule has 33 heavy (non-hydrogen) atoms. The normalized spacial score (nSPS) is 15.1. The summed E-state index contributed by atoms with van der Waals surface area (Å²) in [4.78, 5) is 26.7. The van der Waals surface area contributed by atoms with Crippen LogP contribution in [0.15, 0.2) is 47.3 Å². The minimum atomic E-state index is -0.723. The zero-order valence-corrected chi connectivity index (χ0v) is 18.9. The van der Waals surface area contributed by atoms with Gasteiger partial charge in [0, 0.05) is 22.9 Å². The third-order valence-electron chi connectivity index (χ3n) is 6.38. The van der Waals surface area contributed by atoms with E-state index in [2.05, 4.69) is 5.32 Å². The summed E-state index contributed by atoms with van der Waals surface area (Å²) in [5.41, 5.74) is 5.19. The fourth-order valence-corrected chi connectivity index (χ4v) is 4.58. The highest BCUT2D eigenvalue weighted by atomic mass is 16.7. The Morgan fingerprint density at radius 3 is 2.55 bits per heavy atom. The molecule has 5 rings (SSSR count). The predicted molar refractivity (Wildman–Crippen MR) is 126 cm³/mol. The molecule has 1 atom stereocenters. The summed E-state index contributed by atoms with van der Waals surface area (Å²) in [6, 6.07) is 12.7. The first-order valence-corrected chi connectivity index (χ1v) is 11.5. The summed E-state index contributed by atoms with van der Waals surface area (Å²) in [5.74, 6) is 0.957. The summed E-state index contributed by atoms with van der Waals surface area (Å²) in [5, 5.41) is 7.70. The van der Waals surface area contributed by atoms with Crippen LogP contribution in [0.25, 0.3) is 11.3 Å². The summed E-state index contributed by atoms with van der Waals surface area (Å²) in [6.07, 6.45) is 4.01. The average molecular weight is 446 g/mol. The Hall–Kier alpha value is -3.61. The molecule has 0 fully saturated rings. The number of ether oxygens (including phenoxy) is 2. The van der Waals surface area contributed by atoms with Gasteiger partial charge in [0.25, 0.3) is 5.56 Å². The first-order chi connectivity index (χ1) is 16.0. The highest BCUT2D eigenvalue weighted by Crippen LogP contribution is 2.34. The number of carbonyl (C=O) groups excluding carboxylic acids is 1. The van der Waals surface area contributed by atoms with Crippen molar-refractivity contribution in [3.8, 4) is 22.8 Å². The van der Waals surface area contributed by atoms with Crippen molar-refractivity contribution in [2.24, 2.45) is 0 Å². The van der Waals surface area contributed by atoms with Gasteiger partial charge in [-0.25, -0.2) is 4.68 Å². The van der Waals surface area contributed by atoms with Crippen molar-refractivity contribution < 1.29 is 14.3 Å². The lowest BCUT2D eigenvalue weighted by Gasteiger charge is -2.24. The van der Waals surface area contributed by atoms with Crippen LogP contribution in [-0.4, -0.2) is 22.5 Å². The number of hydrogen-bond acceptors (Lipinski definition) is 5. The van der Waals surface area contributed by atoms with Crippen LogP contribution >= 0.6 is 0 Å². The molecular formula is C26H27N3O4. The van der Waals surface area contributed by atoms with E-state index in [1.807, 2.05) is 38.1 Å². The monoisotopic (exact) mass is 445 g/mol. The van der Waals surface area contributed by atoms with Crippen molar-refractivity contribution in [3.05, 3.63) is 69.5 Å². The molecule has 1 N–H and O–H groups in total. The molecular weight excluding hydrogens is 418 g/mol. The molecule has 2 heterocycles. The lowest BCUT2D eigenvalue weighted by atomic mass is 9.89. The zero-order chi connectivity index (χ0) is 22.9. The number of amides is 1. The first-order valence-electron chi connectivity index (χ1n) is 11.5. The predicted octanol–water partition coefficient (Wildman–Crippen LogP) is 4.42. The Balaban J connectivity index is 1.53. The minimum Gasteiger partial charge on any atom is -0.454 e. The molecule has 1 unspecified atom stereocenters. The van der Waals surface area contributed by atoms with Crippen molar-refractivity contribution in [1.82, 2.24) is 9.78 Å². The molecule has 2 aliphatic rings. The van der Waals surface area contributed by atoms with Gasteiger partial charge in [0.1, 0.15) is 6.04 Å². The molecule has 1 aromatic heterocycles. The van der Waals surface area contributed by atoms with E-state index in [0.717, 1.165) is 53.6 Å². The lowest BCUT2D eigenvalue weighted by Crippen LogP contribution is -2.38. The molecule has 1 amide bonds. The smallest absolute Gasteiger partial charge is 0.271 e. The highest BCUT2D eigenvalue weighted by molar-refractivity contribution is 5.94. The Morgan fingerprint density at radius 1 is 1.06 bits per heavy atom. The molecule has 7 nitrogen and oxygen atoms in total. The van der Waals surface area contributed by atoms with E-state index in [1.165, 1.54) is 4.68 Å². The van der Waals surface area contributed by atoms with E-state index in [9.17, 15) is 9.59 Å².